The van der Waals surface area contributed by atoms with Crippen molar-refractivity contribution < 1.29 is 4.39 Å². The Labute approximate surface area is 83.9 Å². The van der Waals surface area contributed by atoms with E-state index in [4.69, 9.17) is 11.6 Å². The Kier molecular flexibility index (Phi) is 3.58. The lowest BCUT2D eigenvalue weighted by molar-refractivity contribution is 0.623. The summed E-state index contributed by atoms with van der Waals surface area (Å²) >= 11 is 8.48. The predicted molar refractivity (Wildman–Crippen MR) is 51.7 cm³/mol. The van der Waals surface area contributed by atoms with Crippen LogP contribution in [0.25, 0.3) is 0 Å². The van der Waals surface area contributed by atoms with E-state index in [0.717, 1.165) is 0 Å². The van der Waals surface area contributed by atoms with Crippen LogP contribution >= 0.6 is 27.5 Å². The van der Waals surface area contributed by atoms with E-state index < -0.39 is 0 Å². The van der Waals surface area contributed by atoms with E-state index in [2.05, 4.69) is 27.8 Å². The Morgan fingerprint density at radius 2 is 2.25 bits per heavy atom. The van der Waals surface area contributed by atoms with Crippen LogP contribution in [-0.2, 0) is 0 Å². The average molecular weight is 247 g/mol. The van der Waals surface area contributed by atoms with Crippen LogP contribution in [0.4, 0.5) is 4.39 Å². The summed E-state index contributed by atoms with van der Waals surface area (Å²) in [5, 5.41) is 0. The summed E-state index contributed by atoms with van der Waals surface area (Å²) < 4.78 is 13.7. The van der Waals surface area contributed by atoms with E-state index in [1.165, 1.54) is 6.07 Å². The number of hydrogen-bond donors (Lipinski definition) is 0. The van der Waals surface area contributed by atoms with Crippen LogP contribution in [0.3, 0.4) is 0 Å². The van der Waals surface area contributed by atoms with Gasteiger partial charge in [-0.25, -0.2) is 4.39 Å². The fraction of sp³-hybridized carbons (Fsp3) is 0.111. The van der Waals surface area contributed by atoms with E-state index in [0.29, 0.717) is 10.0 Å². The maximum Gasteiger partial charge on any atom is 0.139 e. The molecule has 0 aromatic heterocycles. The predicted octanol–water partition coefficient (Wildman–Crippen LogP) is 3.18. The summed E-state index contributed by atoms with van der Waals surface area (Å²) in [5.74, 6) is 5.08. The highest BCUT2D eigenvalue weighted by molar-refractivity contribution is 9.10. The lowest BCUT2D eigenvalue weighted by Crippen LogP contribution is -1.82. The molecular formula is C9H5BrClF. The van der Waals surface area contributed by atoms with Crippen molar-refractivity contribution in [3.05, 3.63) is 34.1 Å². The lowest BCUT2D eigenvalue weighted by Gasteiger charge is -1.93. The molecule has 0 aliphatic rings. The molecule has 0 spiro atoms. The van der Waals surface area contributed by atoms with Crippen molar-refractivity contribution in [2.24, 2.45) is 0 Å². The molecule has 0 amide bonds. The van der Waals surface area contributed by atoms with Crippen molar-refractivity contribution in [1.82, 2.24) is 0 Å². The summed E-state index contributed by atoms with van der Waals surface area (Å²) in [7, 11) is 0. The monoisotopic (exact) mass is 246 g/mol. The fourth-order valence-electron chi connectivity index (χ4n) is 0.719. The normalized spacial score (nSPS) is 8.92. The second-order valence-corrected chi connectivity index (χ2v) is 3.24. The van der Waals surface area contributed by atoms with Crippen LogP contribution in [-0.4, -0.2) is 5.88 Å². The number of rotatable bonds is 0. The fourth-order valence-corrected chi connectivity index (χ4v) is 1.12. The number of halogens is 3. The van der Waals surface area contributed by atoms with Gasteiger partial charge >= 0.3 is 0 Å². The van der Waals surface area contributed by atoms with Gasteiger partial charge in [0.2, 0.25) is 0 Å². The van der Waals surface area contributed by atoms with Crippen LogP contribution in [0.2, 0.25) is 0 Å². The Bertz CT molecular complexity index is 338. The van der Waals surface area contributed by atoms with Crippen LogP contribution in [0.15, 0.2) is 22.7 Å². The number of alkyl halides is 1. The van der Waals surface area contributed by atoms with Crippen LogP contribution in [0.5, 0.6) is 0 Å². The largest absolute Gasteiger partial charge is 0.206 e. The van der Waals surface area contributed by atoms with Crippen molar-refractivity contribution >= 4 is 27.5 Å². The van der Waals surface area contributed by atoms with Crippen molar-refractivity contribution in [2.45, 2.75) is 0 Å². The SMILES string of the molecule is Fc1cc(Br)ccc1C#CCCl. The standard InChI is InChI=1S/C9H5BrClF/c10-8-4-3-7(2-1-5-11)9(12)6-8/h3-4,6H,5H2. The summed E-state index contributed by atoms with van der Waals surface area (Å²) in [6.07, 6.45) is 0. The van der Waals surface area contributed by atoms with Crippen molar-refractivity contribution in [3.8, 4) is 11.8 Å². The highest BCUT2D eigenvalue weighted by Gasteiger charge is 1.97. The second-order valence-electron chi connectivity index (χ2n) is 2.06. The van der Waals surface area contributed by atoms with E-state index >= 15 is 0 Å². The third kappa shape index (κ3) is 2.51. The van der Waals surface area contributed by atoms with Gasteiger partial charge in [0.05, 0.1) is 11.4 Å². The number of benzene rings is 1. The molecule has 3 heteroatoms. The minimum Gasteiger partial charge on any atom is -0.206 e. The summed E-state index contributed by atoms with van der Waals surface area (Å²) in [5.41, 5.74) is 0.374. The first kappa shape index (κ1) is 9.57. The molecule has 0 aliphatic carbocycles. The van der Waals surface area contributed by atoms with Gasteiger partial charge in [0.15, 0.2) is 0 Å². The highest BCUT2D eigenvalue weighted by atomic mass is 79.9. The molecule has 0 fully saturated rings. The van der Waals surface area contributed by atoms with Gasteiger partial charge in [-0.15, -0.1) is 11.6 Å². The molecule has 62 valence electrons. The zero-order chi connectivity index (χ0) is 8.97. The van der Waals surface area contributed by atoms with E-state index in [-0.39, 0.29) is 11.7 Å². The van der Waals surface area contributed by atoms with Gasteiger partial charge in [-0.3, -0.25) is 0 Å². The summed E-state index contributed by atoms with van der Waals surface area (Å²) in [6.45, 7) is 0. The quantitative estimate of drug-likeness (QED) is 0.488. The van der Waals surface area contributed by atoms with E-state index in [1.54, 1.807) is 12.1 Å². The smallest absolute Gasteiger partial charge is 0.139 e. The van der Waals surface area contributed by atoms with Gasteiger partial charge in [0.1, 0.15) is 5.82 Å². The molecular weight excluding hydrogens is 242 g/mol. The Balaban J connectivity index is 3.01. The molecule has 0 radical (unpaired) electrons. The maximum absolute atomic E-state index is 13.0. The molecule has 0 heterocycles. The maximum atomic E-state index is 13.0. The van der Waals surface area contributed by atoms with E-state index in [9.17, 15) is 4.39 Å². The molecule has 0 saturated heterocycles. The van der Waals surface area contributed by atoms with Crippen LogP contribution < -0.4 is 0 Å². The first-order valence-electron chi connectivity index (χ1n) is 3.24. The zero-order valence-electron chi connectivity index (χ0n) is 6.07. The van der Waals surface area contributed by atoms with Gasteiger partial charge in [-0.2, -0.15) is 0 Å². The summed E-state index contributed by atoms with van der Waals surface area (Å²) in [6, 6.07) is 4.72. The first-order chi connectivity index (χ1) is 5.74. The Hall–Kier alpha value is -0.520. The molecule has 12 heavy (non-hydrogen) atoms. The molecule has 1 rings (SSSR count). The number of hydrogen-bond acceptors (Lipinski definition) is 0. The highest BCUT2D eigenvalue weighted by Crippen LogP contribution is 2.14. The van der Waals surface area contributed by atoms with Gasteiger partial charge in [-0.1, -0.05) is 27.8 Å². The van der Waals surface area contributed by atoms with Crippen molar-refractivity contribution in [1.29, 1.82) is 0 Å². The third-order valence-electron chi connectivity index (χ3n) is 1.22. The Morgan fingerprint density at radius 3 is 2.83 bits per heavy atom. The summed E-state index contributed by atoms with van der Waals surface area (Å²) in [4.78, 5) is 0. The van der Waals surface area contributed by atoms with E-state index in [1.807, 2.05) is 0 Å². The molecule has 0 unspecified atom stereocenters. The molecule has 0 nitrogen and oxygen atoms in total. The molecule has 0 bridgehead atoms. The molecule has 1 aromatic carbocycles. The molecule has 0 aliphatic heterocycles. The van der Waals surface area contributed by atoms with Crippen molar-refractivity contribution in [2.75, 3.05) is 5.88 Å². The van der Waals surface area contributed by atoms with Gasteiger partial charge in [0, 0.05) is 4.47 Å². The zero-order valence-corrected chi connectivity index (χ0v) is 8.41. The topological polar surface area (TPSA) is 0 Å². The molecule has 1 aromatic rings. The van der Waals surface area contributed by atoms with Crippen molar-refractivity contribution in [3.63, 3.8) is 0 Å². The second kappa shape index (κ2) is 4.49. The molecule has 0 saturated carbocycles. The average Bonchev–Trinajstić information content (AvgIpc) is 2.03. The van der Waals surface area contributed by atoms with Gasteiger partial charge in [0.25, 0.3) is 0 Å². The first-order valence-corrected chi connectivity index (χ1v) is 4.56. The molecule has 0 atom stereocenters. The minimum atomic E-state index is -0.331. The lowest BCUT2D eigenvalue weighted by atomic mass is 10.2. The third-order valence-corrected chi connectivity index (χ3v) is 1.85. The molecule has 0 N–H and O–H groups in total. The van der Waals surface area contributed by atoms with Gasteiger partial charge in [-0.05, 0) is 18.2 Å². The minimum absolute atomic E-state index is 0.218. The van der Waals surface area contributed by atoms with Gasteiger partial charge < -0.3 is 0 Å². The Morgan fingerprint density at radius 1 is 1.50 bits per heavy atom. The van der Waals surface area contributed by atoms with Crippen LogP contribution in [0.1, 0.15) is 5.56 Å². The van der Waals surface area contributed by atoms with Crippen LogP contribution in [0, 0.1) is 17.7 Å².